The van der Waals surface area contributed by atoms with Crippen molar-refractivity contribution in [2.75, 3.05) is 0 Å². The predicted octanol–water partition coefficient (Wildman–Crippen LogP) is 5.49. The second kappa shape index (κ2) is 7.75. The van der Waals surface area contributed by atoms with E-state index in [1.165, 1.54) is 15.7 Å². The number of ether oxygens (including phenoxy) is 1. The first-order valence-electron chi connectivity index (χ1n) is 8.49. The number of rotatable bonds is 4. The van der Waals surface area contributed by atoms with Crippen LogP contribution in [0, 0.1) is 13.8 Å². The number of benzene rings is 2. The Hall–Kier alpha value is -2.59. The van der Waals surface area contributed by atoms with Gasteiger partial charge in [0.1, 0.15) is 12.4 Å². The monoisotopic (exact) mass is 368 g/mol. The number of imidazole rings is 1. The minimum absolute atomic E-state index is 0.0298. The molecule has 0 bridgehead atoms. The standard InChI is InChI=1S/C21H21ClN2O2/c1-14-7-6-9-18(15(14)2)16(3)20-23-11-12-24(20)21(25)26-13-17-8-4-5-10-19(17)22/h4-12,16H,13H2,1-3H3/t16-/m0/s1. The third-order valence-corrected chi connectivity index (χ3v) is 5.04. The van der Waals surface area contributed by atoms with E-state index in [0.29, 0.717) is 10.8 Å². The van der Waals surface area contributed by atoms with Crippen LogP contribution < -0.4 is 0 Å². The fourth-order valence-corrected chi connectivity index (χ4v) is 3.19. The van der Waals surface area contributed by atoms with E-state index < -0.39 is 6.09 Å². The highest BCUT2D eigenvalue weighted by Crippen LogP contribution is 2.27. The van der Waals surface area contributed by atoms with Crippen LogP contribution in [0.15, 0.2) is 54.9 Å². The summed E-state index contributed by atoms with van der Waals surface area (Å²) in [5.41, 5.74) is 4.34. The second-order valence-corrected chi connectivity index (χ2v) is 6.72. The van der Waals surface area contributed by atoms with Crippen LogP contribution in [0.25, 0.3) is 0 Å². The third kappa shape index (κ3) is 3.65. The molecule has 5 heteroatoms. The third-order valence-electron chi connectivity index (χ3n) is 4.68. The Morgan fingerprint density at radius 2 is 1.96 bits per heavy atom. The van der Waals surface area contributed by atoms with Gasteiger partial charge in [0.2, 0.25) is 0 Å². The summed E-state index contributed by atoms with van der Waals surface area (Å²) in [7, 11) is 0. The highest BCUT2D eigenvalue weighted by atomic mass is 35.5. The summed E-state index contributed by atoms with van der Waals surface area (Å²) in [6.45, 7) is 6.33. The molecule has 134 valence electrons. The first kappa shape index (κ1) is 18.2. The molecule has 0 radical (unpaired) electrons. The lowest BCUT2D eigenvalue weighted by molar-refractivity contribution is 0.140. The summed E-state index contributed by atoms with van der Waals surface area (Å²) in [6.07, 6.45) is 2.79. The zero-order valence-corrected chi connectivity index (χ0v) is 15.8. The normalized spacial score (nSPS) is 12.0. The lowest BCUT2D eigenvalue weighted by Crippen LogP contribution is -2.18. The first-order chi connectivity index (χ1) is 12.5. The number of nitrogens with zero attached hydrogens (tertiary/aromatic N) is 2. The van der Waals surface area contributed by atoms with Crippen LogP contribution in [0.5, 0.6) is 0 Å². The SMILES string of the molecule is Cc1cccc([C@H](C)c2nccn2C(=O)OCc2ccccc2Cl)c1C. The molecule has 0 aliphatic carbocycles. The molecule has 3 rings (SSSR count). The molecule has 0 aliphatic rings. The van der Waals surface area contributed by atoms with Gasteiger partial charge in [0.15, 0.2) is 0 Å². The van der Waals surface area contributed by atoms with Crippen molar-refractivity contribution in [3.05, 3.63) is 88.0 Å². The largest absolute Gasteiger partial charge is 0.444 e. The summed E-state index contributed by atoms with van der Waals surface area (Å²) in [6, 6.07) is 13.5. The molecule has 1 aromatic heterocycles. The molecule has 0 aliphatic heterocycles. The van der Waals surface area contributed by atoms with Gasteiger partial charge in [0.05, 0.1) is 0 Å². The number of carbonyl (C=O) groups is 1. The maximum atomic E-state index is 12.6. The smallest absolute Gasteiger partial charge is 0.419 e. The molecule has 1 heterocycles. The molecule has 0 N–H and O–H groups in total. The van der Waals surface area contributed by atoms with Crippen LogP contribution in [-0.2, 0) is 11.3 Å². The zero-order chi connectivity index (χ0) is 18.7. The van der Waals surface area contributed by atoms with Gasteiger partial charge in [-0.25, -0.2) is 14.3 Å². The molecular formula is C21H21ClN2O2. The predicted molar refractivity (Wildman–Crippen MR) is 103 cm³/mol. The molecule has 1 atom stereocenters. The Morgan fingerprint density at radius 1 is 1.19 bits per heavy atom. The second-order valence-electron chi connectivity index (χ2n) is 6.31. The molecule has 0 amide bonds. The van der Waals surface area contributed by atoms with Crippen molar-refractivity contribution in [3.63, 3.8) is 0 Å². The molecule has 0 saturated heterocycles. The summed E-state index contributed by atoms with van der Waals surface area (Å²) >= 11 is 6.12. The van der Waals surface area contributed by atoms with Gasteiger partial charge in [-0.05, 0) is 36.6 Å². The summed E-state index contributed by atoms with van der Waals surface area (Å²) < 4.78 is 6.90. The van der Waals surface area contributed by atoms with Crippen LogP contribution in [0.3, 0.4) is 0 Å². The van der Waals surface area contributed by atoms with Gasteiger partial charge in [0, 0.05) is 28.9 Å². The highest BCUT2D eigenvalue weighted by molar-refractivity contribution is 6.31. The molecular weight excluding hydrogens is 348 g/mol. The summed E-state index contributed by atoms with van der Waals surface area (Å²) in [5.74, 6) is 0.626. The lowest BCUT2D eigenvalue weighted by Gasteiger charge is -2.17. The fraction of sp³-hybridized carbons (Fsp3) is 0.238. The van der Waals surface area contributed by atoms with Crippen molar-refractivity contribution in [1.82, 2.24) is 9.55 Å². The summed E-state index contributed by atoms with van der Waals surface area (Å²) in [4.78, 5) is 16.9. The van der Waals surface area contributed by atoms with Crippen LogP contribution >= 0.6 is 11.6 Å². The topological polar surface area (TPSA) is 44.1 Å². The minimum Gasteiger partial charge on any atom is -0.444 e. The van der Waals surface area contributed by atoms with E-state index in [2.05, 4.69) is 31.0 Å². The lowest BCUT2D eigenvalue weighted by atomic mass is 9.93. The van der Waals surface area contributed by atoms with Gasteiger partial charge < -0.3 is 4.74 Å². The van der Waals surface area contributed by atoms with E-state index in [1.807, 2.05) is 31.2 Å². The van der Waals surface area contributed by atoms with Crippen LogP contribution in [0.4, 0.5) is 4.79 Å². The number of hydrogen-bond donors (Lipinski definition) is 0. The number of aromatic nitrogens is 2. The quantitative estimate of drug-likeness (QED) is 0.611. The van der Waals surface area contributed by atoms with Crippen LogP contribution in [0.2, 0.25) is 5.02 Å². The van der Waals surface area contributed by atoms with Crippen molar-refractivity contribution < 1.29 is 9.53 Å². The van der Waals surface area contributed by atoms with E-state index in [9.17, 15) is 4.79 Å². The Labute approximate surface area is 158 Å². The average molecular weight is 369 g/mol. The van der Waals surface area contributed by atoms with Gasteiger partial charge in [-0.15, -0.1) is 0 Å². The number of carbonyl (C=O) groups excluding carboxylic acids is 1. The van der Waals surface area contributed by atoms with Gasteiger partial charge in [-0.1, -0.05) is 54.9 Å². The molecule has 0 fully saturated rings. The molecule has 3 aromatic rings. The van der Waals surface area contributed by atoms with Crippen molar-refractivity contribution in [3.8, 4) is 0 Å². The van der Waals surface area contributed by atoms with E-state index in [1.54, 1.807) is 18.5 Å². The Kier molecular flexibility index (Phi) is 5.43. The minimum atomic E-state index is -0.463. The molecule has 0 spiro atoms. The van der Waals surface area contributed by atoms with Crippen LogP contribution in [-0.4, -0.2) is 15.6 Å². The van der Waals surface area contributed by atoms with E-state index in [4.69, 9.17) is 16.3 Å². The van der Waals surface area contributed by atoms with E-state index >= 15 is 0 Å². The molecule has 0 saturated carbocycles. The van der Waals surface area contributed by atoms with Crippen molar-refractivity contribution in [2.45, 2.75) is 33.3 Å². The number of hydrogen-bond acceptors (Lipinski definition) is 3. The summed E-state index contributed by atoms with van der Waals surface area (Å²) in [5, 5.41) is 0.579. The van der Waals surface area contributed by atoms with Gasteiger partial charge in [-0.3, -0.25) is 0 Å². The van der Waals surface area contributed by atoms with Crippen molar-refractivity contribution in [1.29, 1.82) is 0 Å². The van der Waals surface area contributed by atoms with Crippen molar-refractivity contribution in [2.24, 2.45) is 0 Å². The Balaban J connectivity index is 1.80. The fourth-order valence-electron chi connectivity index (χ4n) is 3.00. The van der Waals surface area contributed by atoms with E-state index in [-0.39, 0.29) is 12.5 Å². The maximum absolute atomic E-state index is 12.6. The van der Waals surface area contributed by atoms with Gasteiger partial charge in [-0.2, -0.15) is 0 Å². The number of aryl methyl sites for hydroxylation is 1. The van der Waals surface area contributed by atoms with Gasteiger partial charge in [0.25, 0.3) is 0 Å². The molecule has 26 heavy (non-hydrogen) atoms. The molecule has 0 unspecified atom stereocenters. The van der Waals surface area contributed by atoms with Crippen LogP contribution in [0.1, 0.15) is 40.9 Å². The maximum Gasteiger partial charge on any atom is 0.419 e. The molecule has 4 nitrogen and oxygen atoms in total. The molecule has 2 aromatic carbocycles. The highest BCUT2D eigenvalue weighted by Gasteiger charge is 2.20. The first-order valence-corrected chi connectivity index (χ1v) is 8.86. The van der Waals surface area contributed by atoms with E-state index in [0.717, 1.165) is 11.1 Å². The zero-order valence-electron chi connectivity index (χ0n) is 15.1. The Bertz CT molecular complexity index is 933. The van der Waals surface area contributed by atoms with Crippen molar-refractivity contribution >= 4 is 17.7 Å². The average Bonchev–Trinajstić information content (AvgIpc) is 3.12. The number of halogens is 1. The van der Waals surface area contributed by atoms with Gasteiger partial charge >= 0.3 is 6.09 Å². The Morgan fingerprint density at radius 3 is 2.73 bits per heavy atom.